The van der Waals surface area contributed by atoms with E-state index in [-0.39, 0.29) is 41.6 Å². The molecule has 0 aliphatic rings. The Bertz CT molecular complexity index is 957. The SMILES string of the molecule is O=C(Cn1cc[n+](CC(=O)c2ccc(Cl)c(Cl)c2)c1)c1ccc(Cl)c(Cl)c1.[Br-]. The van der Waals surface area contributed by atoms with Crippen LogP contribution in [0.2, 0.25) is 20.1 Å². The molecule has 0 radical (unpaired) electrons. The Morgan fingerprint density at radius 3 is 1.89 bits per heavy atom. The highest BCUT2D eigenvalue weighted by atomic mass is 79.9. The van der Waals surface area contributed by atoms with Crippen molar-refractivity contribution in [1.29, 1.82) is 0 Å². The van der Waals surface area contributed by atoms with Gasteiger partial charge in [0.1, 0.15) is 12.4 Å². The van der Waals surface area contributed by atoms with Gasteiger partial charge in [0, 0.05) is 11.1 Å². The summed E-state index contributed by atoms with van der Waals surface area (Å²) >= 11 is 23.6. The summed E-state index contributed by atoms with van der Waals surface area (Å²) in [6.45, 7) is 0.234. The van der Waals surface area contributed by atoms with E-state index in [1.165, 1.54) is 12.1 Å². The van der Waals surface area contributed by atoms with Gasteiger partial charge in [0.15, 0.2) is 13.1 Å². The molecule has 0 N–H and O–H groups in total. The van der Waals surface area contributed by atoms with Crippen LogP contribution in [0.1, 0.15) is 20.7 Å². The van der Waals surface area contributed by atoms with Crippen LogP contribution in [0.4, 0.5) is 0 Å². The molecular formula is C19H13BrCl4N2O2. The summed E-state index contributed by atoms with van der Waals surface area (Å²) in [4.78, 5) is 24.7. The lowest BCUT2D eigenvalue weighted by Crippen LogP contribution is -3.00. The van der Waals surface area contributed by atoms with Crippen molar-refractivity contribution in [2.45, 2.75) is 13.1 Å². The van der Waals surface area contributed by atoms with Gasteiger partial charge in [0.2, 0.25) is 17.9 Å². The number of nitrogens with zero attached hydrogens (tertiary/aromatic N) is 2. The minimum Gasteiger partial charge on any atom is -1.00 e. The van der Waals surface area contributed by atoms with E-state index in [1.807, 2.05) is 0 Å². The highest BCUT2D eigenvalue weighted by molar-refractivity contribution is 6.42. The normalized spacial score (nSPS) is 10.4. The first-order valence-electron chi connectivity index (χ1n) is 7.85. The van der Waals surface area contributed by atoms with E-state index >= 15 is 0 Å². The molecule has 3 aromatic rings. The molecule has 28 heavy (non-hydrogen) atoms. The third-order valence-corrected chi connectivity index (χ3v) is 5.36. The average molecular weight is 523 g/mol. The molecule has 0 unspecified atom stereocenters. The number of hydrogen-bond acceptors (Lipinski definition) is 2. The molecule has 0 saturated carbocycles. The van der Waals surface area contributed by atoms with Crippen molar-refractivity contribution in [3.63, 3.8) is 0 Å². The summed E-state index contributed by atoms with van der Waals surface area (Å²) in [7, 11) is 0. The second kappa shape index (κ2) is 9.90. The number of carbonyl (C=O) groups excluding carboxylic acids is 2. The molecule has 3 rings (SSSR count). The third-order valence-electron chi connectivity index (χ3n) is 3.88. The quantitative estimate of drug-likeness (QED) is 0.368. The summed E-state index contributed by atoms with van der Waals surface area (Å²) in [5, 5.41) is 1.45. The van der Waals surface area contributed by atoms with Crippen molar-refractivity contribution in [2.75, 3.05) is 0 Å². The van der Waals surface area contributed by atoms with E-state index in [0.29, 0.717) is 31.2 Å². The monoisotopic (exact) mass is 520 g/mol. The van der Waals surface area contributed by atoms with Gasteiger partial charge in [-0.2, -0.15) is 0 Å². The van der Waals surface area contributed by atoms with Crippen LogP contribution < -0.4 is 21.5 Å². The lowest BCUT2D eigenvalue weighted by Gasteiger charge is -2.02. The molecule has 146 valence electrons. The lowest BCUT2D eigenvalue weighted by atomic mass is 10.1. The molecule has 4 nitrogen and oxygen atoms in total. The molecule has 1 heterocycles. The van der Waals surface area contributed by atoms with Gasteiger partial charge in [-0.15, -0.1) is 0 Å². The molecule has 9 heteroatoms. The number of carbonyl (C=O) groups is 2. The molecule has 0 spiro atoms. The van der Waals surface area contributed by atoms with Gasteiger partial charge >= 0.3 is 0 Å². The zero-order valence-electron chi connectivity index (χ0n) is 14.2. The minimum absolute atomic E-state index is 0. The molecule has 0 aliphatic carbocycles. The molecule has 0 atom stereocenters. The smallest absolute Gasteiger partial charge is 0.244 e. The number of benzene rings is 2. The second-order valence-corrected chi connectivity index (χ2v) is 7.49. The van der Waals surface area contributed by atoms with Crippen LogP contribution in [0.15, 0.2) is 55.1 Å². The average Bonchev–Trinajstić information content (AvgIpc) is 3.06. The number of Topliss-reactive ketones (excluding diaryl/α,β-unsaturated/α-hetero) is 2. The summed E-state index contributed by atoms with van der Waals surface area (Å²) in [6, 6.07) is 9.50. The van der Waals surface area contributed by atoms with Crippen LogP contribution >= 0.6 is 46.4 Å². The van der Waals surface area contributed by atoms with Gasteiger partial charge in [-0.05, 0) is 36.4 Å². The maximum atomic E-state index is 12.4. The fraction of sp³-hybridized carbons (Fsp3) is 0.105. The van der Waals surface area contributed by atoms with Crippen LogP contribution in [0.25, 0.3) is 0 Å². The predicted octanol–water partition coefficient (Wildman–Crippen LogP) is 2.16. The maximum absolute atomic E-state index is 12.4. The zero-order chi connectivity index (χ0) is 19.6. The summed E-state index contributed by atoms with van der Waals surface area (Å²) in [5.74, 6) is -0.237. The Balaban J connectivity index is 0.00000280. The van der Waals surface area contributed by atoms with Crippen molar-refractivity contribution < 1.29 is 31.1 Å². The van der Waals surface area contributed by atoms with Gasteiger partial charge in [-0.3, -0.25) is 9.59 Å². The summed E-state index contributed by atoms with van der Waals surface area (Å²) in [6.07, 6.45) is 5.12. The minimum atomic E-state index is -0.118. The molecular weight excluding hydrogens is 510 g/mol. The first kappa shape index (κ1) is 22.9. The van der Waals surface area contributed by atoms with Gasteiger partial charge in [0.05, 0.1) is 20.1 Å². The van der Waals surface area contributed by atoms with Gasteiger partial charge < -0.3 is 17.0 Å². The van der Waals surface area contributed by atoms with E-state index in [2.05, 4.69) is 0 Å². The van der Waals surface area contributed by atoms with E-state index in [0.717, 1.165) is 0 Å². The van der Waals surface area contributed by atoms with Crippen LogP contribution in [0.3, 0.4) is 0 Å². The Labute approximate surface area is 192 Å². The fourth-order valence-corrected chi connectivity index (χ4v) is 3.08. The van der Waals surface area contributed by atoms with Crippen molar-refractivity contribution >= 4 is 58.0 Å². The van der Waals surface area contributed by atoms with Crippen LogP contribution in [0, 0.1) is 0 Å². The standard InChI is InChI=1S/C19H13Cl4N2O2.BrH/c20-14-3-1-12(7-16(14)22)18(26)9-24-5-6-25(11-24)10-19(27)13-2-4-15(21)17(23)8-13;/h1-8,11H,9-10H2;1H/q+1;/p-1. The van der Waals surface area contributed by atoms with Crippen molar-refractivity contribution in [2.24, 2.45) is 0 Å². The zero-order valence-corrected chi connectivity index (χ0v) is 18.8. The van der Waals surface area contributed by atoms with Crippen molar-refractivity contribution in [1.82, 2.24) is 4.57 Å². The molecule has 0 fully saturated rings. The first-order chi connectivity index (χ1) is 12.8. The van der Waals surface area contributed by atoms with Gasteiger partial charge in [0.25, 0.3) is 0 Å². The number of imidazole rings is 1. The lowest BCUT2D eigenvalue weighted by molar-refractivity contribution is -0.682. The van der Waals surface area contributed by atoms with Gasteiger partial charge in [-0.25, -0.2) is 9.13 Å². The largest absolute Gasteiger partial charge is 1.00 e. The highest BCUT2D eigenvalue weighted by Crippen LogP contribution is 2.23. The molecule has 0 amide bonds. The fourth-order valence-electron chi connectivity index (χ4n) is 2.48. The molecule has 0 bridgehead atoms. The van der Waals surface area contributed by atoms with Crippen LogP contribution in [-0.2, 0) is 13.1 Å². The topological polar surface area (TPSA) is 43.0 Å². The van der Waals surface area contributed by atoms with Gasteiger partial charge in [-0.1, -0.05) is 46.4 Å². The number of aromatic nitrogens is 2. The maximum Gasteiger partial charge on any atom is 0.244 e. The van der Waals surface area contributed by atoms with E-state index in [4.69, 9.17) is 46.4 Å². The van der Waals surface area contributed by atoms with Crippen LogP contribution in [0.5, 0.6) is 0 Å². The number of halogens is 5. The molecule has 1 aromatic heterocycles. The molecule has 2 aromatic carbocycles. The summed E-state index contributed by atoms with van der Waals surface area (Å²) in [5.41, 5.74) is 0.938. The Morgan fingerprint density at radius 1 is 0.821 bits per heavy atom. The molecule has 0 aliphatic heterocycles. The highest BCUT2D eigenvalue weighted by Gasteiger charge is 2.16. The van der Waals surface area contributed by atoms with Crippen molar-refractivity contribution in [3.05, 3.63) is 86.3 Å². The van der Waals surface area contributed by atoms with Crippen LogP contribution in [-0.4, -0.2) is 16.1 Å². The Hall–Kier alpha value is -1.37. The van der Waals surface area contributed by atoms with E-state index < -0.39 is 0 Å². The summed E-state index contributed by atoms with van der Waals surface area (Å²) < 4.78 is 3.37. The predicted molar refractivity (Wildman–Crippen MR) is 106 cm³/mol. The van der Waals surface area contributed by atoms with E-state index in [1.54, 1.807) is 52.1 Å². The number of hydrogen-bond donors (Lipinski definition) is 0. The Kier molecular flexibility index (Phi) is 8.10. The third kappa shape index (κ3) is 5.58. The molecule has 0 saturated heterocycles. The second-order valence-electron chi connectivity index (χ2n) is 5.86. The number of ketones is 2. The Morgan fingerprint density at radius 2 is 1.36 bits per heavy atom. The number of rotatable bonds is 6. The first-order valence-corrected chi connectivity index (χ1v) is 9.36. The van der Waals surface area contributed by atoms with E-state index in [9.17, 15) is 9.59 Å². The van der Waals surface area contributed by atoms with Crippen molar-refractivity contribution in [3.8, 4) is 0 Å².